The standard InChI is InChI=1S/C42H51F6NO2S2Si2/c1-13-32-35(30-16-14-15-17-33(30)53-32)37-36(40(43,44)42(47,48)41(37,45)46)31-26-34(52-27(31)2)28-18-20-29(21-19-28)49(22-24-50-54(9,10)38(3,4)5)23-25-51-55(11,12)39(6,7)8/h1,14-21,26H,22-25H2,2-12H3. The monoisotopic (exact) mass is 835 g/mol. The quantitative estimate of drug-likeness (QED) is 0.0806. The van der Waals surface area contributed by atoms with Gasteiger partial charge in [-0.2, -0.15) is 26.3 Å². The Hall–Kier alpha value is -2.87. The number of anilines is 1. The summed E-state index contributed by atoms with van der Waals surface area (Å²) in [6.07, 6.45) is 5.67. The average molecular weight is 836 g/mol. The van der Waals surface area contributed by atoms with Crippen LogP contribution in [0.3, 0.4) is 0 Å². The molecule has 5 rings (SSSR count). The molecular weight excluding hydrogens is 785 g/mol. The van der Waals surface area contributed by atoms with Crippen molar-refractivity contribution in [2.45, 2.75) is 102 Å². The van der Waals surface area contributed by atoms with Crippen LogP contribution < -0.4 is 4.90 Å². The molecule has 0 bridgehead atoms. The number of aryl methyl sites for hydroxylation is 1. The van der Waals surface area contributed by atoms with Gasteiger partial charge in [-0.05, 0) is 78.6 Å². The molecule has 298 valence electrons. The number of allylic oxidation sites excluding steroid dienone is 2. The molecule has 4 aromatic rings. The SMILES string of the molecule is C#Cc1sc2ccccc2c1C1=C(c2cc(-c3ccc(N(CCO[Si](C)(C)C(C)(C)C)CCO[Si](C)(C)C(C)(C)C)cc3)sc2C)C(F)(F)C(F)(F)C1(F)F. The highest BCUT2D eigenvalue weighted by atomic mass is 32.1. The first-order valence-corrected chi connectivity index (χ1v) is 25.8. The molecule has 2 heterocycles. The third-order valence-electron chi connectivity index (χ3n) is 11.6. The molecule has 13 heteroatoms. The van der Waals surface area contributed by atoms with Crippen molar-refractivity contribution >= 4 is 66.2 Å². The lowest BCUT2D eigenvalue weighted by atomic mass is 9.93. The van der Waals surface area contributed by atoms with Crippen LogP contribution in [0.5, 0.6) is 0 Å². The molecule has 0 spiro atoms. The molecule has 1 aliphatic carbocycles. The smallest absolute Gasteiger partial charge is 0.380 e. The van der Waals surface area contributed by atoms with E-state index in [0.29, 0.717) is 41.4 Å². The predicted octanol–water partition coefficient (Wildman–Crippen LogP) is 13.6. The summed E-state index contributed by atoms with van der Waals surface area (Å²) >= 11 is 2.01. The van der Waals surface area contributed by atoms with Gasteiger partial charge < -0.3 is 13.8 Å². The number of nitrogens with zero attached hydrogens (tertiary/aromatic N) is 1. The van der Waals surface area contributed by atoms with Crippen molar-refractivity contribution in [1.29, 1.82) is 0 Å². The minimum Gasteiger partial charge on any atom is -0.415 e. The Morgan fingerprint density at radius 3 is 1.76 bits per heavy atom. The number of terminal acetylenes is 1. The van der Waals surface area contributed by atoms with E-state index in [-0.39, 0.29) is 30.8 Å². The lowest BCUT2D eigenvalue weighted by Crippen LogP contribution is -2.48. The van der Waals surface area contributed by atoms with Crippen molar-refractivity contribution in [3.05, 3.63) is 75.5 Å². The summed E-state index contributed by atoms with van der Waals surface area (Å²) in [4.78, 5) is 2.76. The summed E-state index contributed by atoms with van der Waals surface area (Å²) in [6.45, 7) is 25.8. The summed E-state index contributed by atoms with van der Waals surface area (Å²) < 4.78 is 108. The fourth-order valence-electron chi connectivity index (χ4n) is 6.14. The first-order valence-electron chi connectivity index (χ1n) is 18.3. The van der Waals surface area contributed by atoms with E-state index in [0.717, 1.165) is 28.4 Å². The molecule has 0 unspecified atom stereocenters. The number of hydrogen-bond acceptors (Lipinski definition) is 5. The van der Waals surface area contributed by atoms with Gasteiger partial charge in [0, 0.05) is 55.3 Å². The summed E-state index contributed by atoms with van der Waals surface area (Å²) in [5.41, 5.74) is -2.10. The van der Waals surface area contributed by atoms with E-state index in [1.807, 2.05) is 24.3 Å². The highest BCUT2D eigenvalue weighted by Crippen LogP contribution is 2.66. The van der Waals surface area contributed by atoms with Gasteiger partial charge in [0.15, 0.2) is 16.6 Å². The molecule has 0 amide bonds. The van der Waals surface area contributed by atoms with E-state index in [1.165, 1.54) is 25.1 Å². The van der Waals surface area contributed by atoms with Crippen LogP contribution >= 0.6 is 22.7 Å². The minimum atomic E-state index is -5.69. The molecule has 0 saturated carbocycles. The second-order valence-electron chi connectivity index (χ2n) is 17.3. The zero-order valence-electron chi connectivity index (χ0n) is 33.4. The summed E-state index contributed by atoms with van der Waals surface area (Å²) in [5.74, 6) is -13.8. The Morgan fingerprint density at radius 2 is 1.25 bits per heavy atom. The van der Waals surface area contributed by atoms with Crippen LogP contribution in [-0.2, 0) is 8.85 Å². The number of halogens is 6. The van der Waals surface area contributed by atoms with Gasteiger partial charge in [0.25, 0.3) is 0 Å². The Balaban J connectivity index is 1.53. The highest BCUT2D eigenvalue weighted by Gasteiger charge is 2.80. The molecule has 0 saturated heterocycles. The van der Waals surface area contributed by atoms with E-state index in [4.69, 9.17) is 15.3 Å². The van der Waals surface area contributed by atoms with Crippen LogP contribution in [0.2, 0.25) is 36.3 Å². The molecular formula is C42H51F6NO2S2Si2. The van der Waals surface area contributed by atoms with E-state index in [1.54, 1.807) is 12.1 Å². The van der Waals surface area contributed by atoms with Crippen LogP contribution in [0.1, 0.15) is 62.4 Å². The fourth-order valence-corrected chi connectivity index (χ4v) is 10.3. The zero-order chi connectivity index (χ0) is 41.2. The van der Waals surface area contributed by atoms with Crippen LogP contribution in [0, 0.1) is 19.3 Å². The molecule has 2 aromatic heterocycles. The first-order chi connectivity index (χ1) is 25.2. The zero-order valence-corrected chi connectivity index (χ0v) is 37.1. The number of thiophene rings is 2. The lowest BCUT2D eigenvalue weighted by Gasteiger charge is -2.38. The number of hydrogen-bond donors (Lipinski definition) is 0. The fraction of sp³-hybridized carbons (Fsp3) is 0.476. The van der Waals surface area contributed by atoms with E-state index >= 15 is 26.3 Å². The predicted molar refractivity (Wildman–Crippen MR) is 224 cm³/mol. The Kier molecular flexibility index (Phi) is 11.7. The molecule has 55 heavy (non-hydrogen) atoms. The molecule has 0 aliphatic heterocycles. The van der Waals surface area contributed by atoms with E-state index < -0.39 is 51.1 Å². The Bertz CT molecular complexity index is 2080. The third kappa shape index (κ3) is 7.76. The van der Waals surface area contributed by atoms with E-state index in [2.05, 4.69) is 78.6 Å². The highest BCUT2D eigenvalue weighted by molar-refractivity contribution is 7.20. The maximum Gasteiger partial charge on any atom is 0.380 e. The molecule has 0 atom stereocenters. The molecule has 0 N–H and O–H groups in total. The van der Waals surface area contributed by atoms with Gasteiger partial charge in [0.1, 0.15) is 0 Å². The molecule has 0 radical (unpaired) electrons. The lowest BCUT2D eigenvalue weighted by molar-refractivity contribution is -0.254. The van der Waals surface area contributed by atoms with Gasteiger partial charge in [0.2, 0.25) is 0 Å². The van der Waals surface area contributed by atoms with Gasteiger partial charge in [0.05, 0.1) is 18.1 Å². The number of fused-ring (bicyclic) bond motifs is 1. The normalized spacial score (nSPS) is 17.2. The first kappa shape index (κ1) is 43.3. The van der Waals surface area contributed by atoms with Crippen molar-refractivity contribution < 1.29 is 35.2 Å². The average Bonchev–Trinajstić information content (AvgIpc) is 3.67. The Morgan fingerprint density at radius 1 is 0.745 bits per heavy atom. The molecule has 3 nitrogen and oxygen atoms in total. The van der Waals surface area contributed by atoms with Crippen LogP contribution in [0.15, 0.2) is 54.6 Å². The maximum absolute atomic E-state index is 15.9. The van der Waals surface area contributed by atoms with Gasteiger partial charge in [-0.15, -0.1) is 29.1 Å². The van der Waals surface area contributed by atoms with Crippen molar-refractivity contribution in [2.75, 3.05) is 31.2 Å². The number of alkyl halides is 6. The van der Waals surface area contributed by atoms with Crippen LogP contribution in [0.4, 0.5) is 32.0 Å². The van der Waals surface area contributed by atoms with Gasteiger partial charge in [-0.25, -0.2) is 0 Å². The Labute approximate surface area is 332 Å². The van der Waals surface area contributed by atoms with Gasteiger partial charge in [-0.1, -0.05) is 77.8 Å². The van der Waals surface area contributed by atoms with Crippen molar-refractivity contribution in [3.63, 3.8) is 0 Å². The van der Waals surface area contributed by atoms with E-state index in [9.17, 15) is 0 Å². The number of rotatable bonds is 12. The second-order valence-corrected chi connectivity index (χ2v) is 29.2. The van der Waals surface area contributed by atoms with Crippen molar-refractivity contribution in [1.82, 2.24) is 0 Å². The van der Waals surface area contributed by atoms with Gasteiger partial charge >= 0.3 is 17.8 Å². The van der Waals surface area contributed by atoms with Crippen molar-refractivity contribution in [3.8, 4) is 22.8 Å². The molecule has 1 aliphatic rings. The summed E-state index contributed by atoms with van der Waals surface area (Å²) in [5, 5.41) is 0.225. The molecule has 0 fully saturated rings. The van der Waals surface area contributed by atoms with Gasteiger partial charge in [-0.3, -0.25) is 0 Å². The van der Waals surface area contributed by atoms with Crippen LogP contribution in [-0.4, -0.2) is 60.7 Å². The maximum atomic E-state index is 15.9. The number of benzene rings is 2. The molecule has 2 aromatic carbocycles. The summed E-state index contributed by atoms with van der Waals surface area (Å²) in [7, 11) is -4.01. The third-order valence-corrected chi connectivity index (χ3v) is 22.9. The minimum absolute atomic E-state index is 0.0504. The summed E-state index contributed by atoms with van der Waals surface area (Å²) in [6, 6.07) is 15.0. The van der Waals surface area contributed by atoms with Crippen molar-refractivity contribution in [2.24, 2.45) is 0 Å². The van der Waals surface area contributed by atoms with Crippen LogP contribution in [0.25, 0.3) is 31.7 Å². The second kappa shape index (κ2) is 14.8. The topological polar surface area (TPSA) is 21.7 Å². The largest absolute Gasteiger partial charge is 0.415 e.